The fourth-order valence-corrected chi connectivity index (χ4v) is 1.61. The van der Waals surface area contributed by atoms with Crippen LogP contribution in [0, 0.1) is 5.41 Å². The van der Waals surface area contributed by atoms with Gasteiger partial charge in [-0.15, -0.1) is 0 Å². The van der Waals surface area contributed by atoms with Crippen molar-refractivity contribution < 1.29 is 9.78 Å². The van der Waals surface area contributed by atoms with Crippen molar-refractivity contribution in [3.8, 4) is 0 Å². The summed E-state index contributed by atoms with van der Waals surface area (Å²) in [5.41, 5.74) is 0.506. The molecule has 0 aromatic carbocycles. The van der Waals surface area contributed by atoms with E-state index >= 15 is 0 Å². The number of hydrogen-bond acceptors (Lipinski definition) is 2. The first-order valence-electron chi connectivity index (χ1n) is 6.22. The molecule has 0 saturated carbocycles. The predicted molar refractivity (Wildman–Crippen MR) is 64.7 cm³/mol. The molecule has 0 spiro atoms. The predicted octanol–water partition coefficient (Wildman–Crippen LogP) is 4.34. The van der Waals surface area contributed by atoms with Crippen molar-refractivity contribution in [3.63, 3.8) is 0 Å². The normalized spacial score (nSPS) is 12.0. The van der Waals surface area contributed by atoms with E-state index in [4.69, 9.17) is 4.89 Å². The lowest BCUT2D eigenvalue weighted by Gasteiger charge is -2.17. The van der Waals surface area contributed by atoms with Crippen LogP contribution < -0.4 is 0 Å². The minimum atomic E-state index is 0.506. The largest absolute Gasteiger partial charge is 0.240 e. The first-order valence-corrected chi connectivity index (χ1v) is 6.22. The molecule has 0 aliphatic carbocycles. The monoisotopic (exact) mass is 216 g/mol. The number of rotatable bonds is 9. The van der Waals surface area contributed by atoms with Crippen LogP contribution in [0.1, 0.15) is 65.7 Å². The smallest absolute Gasteiger partial charge is 0.0822 e. The highest BCUT2D eigenvalue weighted by Crippen LogP contribution is 2.22. The molecular formula is C13H28O2. The number of hydrogen-bond donors (Lipinski definition) is 0. The summed E-state index contributed by atoms with van der Waals surface area (Å²) < 4.78 is 0. The summed E-state index contributed by atoms with van der Waals surface area (Å²) in [5, 5.41) is 0. The third-order valence-electron chi connectivity index (χ3n) is 2.52. The number of unbranched alkanes of at least 4 members (excludes halogenated alkanes) is 5. The molecule has 0 bridgehead atoms. The Kier molecular flexibility index (Phi) is 9.12. The van der Waals surface area contributed by atoms with Gasteiger partial charge in [0.25, 0.3) is 0 Å². The molecule has 0 unspecified atom stereocenters. The standard InChI is InChI=1S/C13H28O2/c1-13(2,3)11-9-7-5-6-8-10-12-15-14-4/h5-12H2,1-4H3. The van der Waals surface area contributed by atoms with Crippen LogP contribution in [0.4, 0.5) is 0 Å². The van der Waals surface area contributed by atoms with Gasteiger partial charge in [-0.2, -0.15) is 0 Å². The fraction of sp³-hybridized carbons (Fsp3) is 1.00. The van der Waals surface area contributed by atoms with Gasteiger partial charge >= 0.3 is 0 Å². The Morgan fingerprint density at radius 1 is 0.800 bits per heavy atom. The van der Waals surface area contributed by atoms with Crippen molar-refractivity contribution in [3.05, 3.63) is 0 Å². The van der Waals surface area contributed by atoms with Crippen LogP contribution in [-0.4, -0.2) is 13.7 Å². The van der Waals surface area contributed by atoms with Gasteiger partial charge < -0.3 is 0 Å². The van der Waals surface area contributed by atoms with E-state index in [2.05, 4.69) is 25.7 Å². The van der Waals surface area contributed by atoms with Gasteiger partial charge in [0.15, 0.2) is 0 Å². The zero-order chi connectivity index (χ0) is 11.6. The summed E-state index contributed by atoms with van der Waals surface area (Å²) in [7, 11) is 1.56. The lowest BCUT2D eigenvalue weighted by molar-refractivity contribution is -0.272. The lowest BCUT2D eigenvalue weighted by Crippen LogP contribution is -2.03. The molecule has 2 nitrogen and oxygen atoms in total. The van der Waals surface area contributed by atoms with E-state index < -0.39 is 0 Å². The van der Waals surface area contributed by atoms with Crippen LogP contribution in [0.2, 0.25) is 0 Å². The molecule has 0 aliphatic heterocycles. The van der Waals surface area contributed by atoms with Crippen molar-refractivity contribution in [2.24, 2.45) is 5.41 Å². The van der Waals surface area contributed by atoms with E-state index in [9.17, 15) is 0 Å². The van der Waals surface area contributed by atoms with Crippen LogP contribution in [-0.2, 0) is 9.78 Å². The highest BCUT2D eigenvalue weighted by Gasteiger charge is 2.08. The van der Waals surface area contributed by atoms with Crippen LogP contribution in [0.25, 0.3) is 0 Å². The zero-order valence-electron chi connectivity index (χ0n) is 11.0. The van der Waals surface area contributed by atoms with Crippen molar-refractivity contribution in [2.45, 2.75) is 65.7 Å². The molecule has 15 heavy (non-hydrogen) atoms. The summed E-state index contributed by atoms with van der Waals surface area (Å²) in [5.74, 6) is 0. The highest BCUT2D eigenvalue weighted by molar-refractivity contribution is 4.60. The topological polar surface area (TPSA) is 18.5 Å². The van der Waals surface area contributed by atoms with E-state index in [1.807, 2.05) is 0 Å². The summed E-state index contributed by atoms with van der Waals surface area (Å²) >= 11 is 0. The second-order valence-corrected chi connectivity index (χ2v) is 5.42. The molecule has 0 aliphatic rings. The average molecular weight is 216 g/mol. The molecule has 92 valence electrons. The Morgan fingerprint density at radius 2 is 1.33 bits per heavy atom. The van der Waals surface area contributed by atoms with Crippen molar-refractivity contribution in [1.82, 2.24) is 0 Å². The molecule has 0 N–H and O–H groups in total. The second kappa shape index (κ2) is 9.17. The molecule has 0 radical (unpaired) electrons. The van der Waals surface area contributed by atoms with Crippen LogP contribution in [0.15, 0.2) is 0 Å². The van der Waals surface area contributed by atoms with Gasteiger partial charge in [0.1, 0.15) is 0 Å². The molecule has 0 saturated heterocycles. The summed E-state index contributed by atoms with van der Waals surface area (Å²) in [4.78, 5) is 9.33. The molecule has 2 heteroatoms. The average Bonchev–Trinajstić information content (AvgIpc) is 2.14. The summed E-state index contributed by atoms with van der Waals surface area (Å²) in [6, 6.07) is 0. The van der Waals surface area contributed by atoms with Crippen molar-refractivity contribution >= 4 is 0 Å². The quantitative estimate of drug-likeness (QED) is 0.324. The maximum Gasteiger partial charge on any atom is 0.0822 e. The second-order valence-electron chi connectivity index (χ2n) is 5.42. The Balaban J connectivity index is 2.99. The van der Waals surface area contributed by atoms with Crippen molar-refractivity contribution in [1.29, 1.82) is 0 Å². The van der Waals surface area contributed by atoms with Gasteiger partial charge in [-0.1, -0.05) is 52.9 Å². The SMILES string of the molecule is COOCCCCCCCCC(C)(C)C. The molecule has 0 atom stereocenters. The Hall–Kier alpha value is -0.0800. The Morgan fingerprint density at radius 3 is 1.87 bits per heavy atom. The van der Waals surface area contributed by atoms with Gasteiger partial charge in [0, 0.05) is 0 Å². The van der Waals surface area contributed by atoms with Crippen LogP contribution >= 0.6 is 0 Å². The lowest BCUT2D eigenvalue weighted by atomic mass is 9.89. The third kappa shape index (κ3) is 13.9. The van der Waals surface area contributed by atoms with Gasteiger partial charge in [-0.05, 0) is 18.3 Å². The zero-order valence-corrected chi connectivity index (χ0v) is 11.0. The Bertz CT molecular complexity index is 127. The molecule has 0 fully saturated rings. The molecule has 0 amide bonds. The molecular weight excluding hydrogens is 188 g/mol. The van der Waals surface area contributed by atoms with E-state index in [-0.39, 0.29) is 0 Å². The van der Waals surface area contributed by atoms with Crippen LogP contribution in [0.5, 0.6) is 0 Å². The fourth-order valence-electron chi connectivity index (χ4n) is 1.61. The van der Waals surface area contributed by atoms with E-state index in [0.29, 0.717) is 5.41 Å². The highest BCUT2D eigenvalue weighted by atomic mass is 17.2. The van der Waals surface area contributed by atoms with E-state index in [1.54, 1.807) is 7.11 Å². The minimum absolute atomic E-state index is 0.506. The van der Waals surface area contributed by atoms with E-state index in [0.717, 1.165) is 13.0 Å². The third-order valence-corrected chi connectivity index (χ3v) is 2.52. The van der Waals surface area contributed by atoms with Crippen LogP contribution in [0.3, 0.4) is 0 Å². The van der Waals surface area contributed by atoms with Gasteiger partial charge in [0.2, 0.25) is 0 Å². The van der Waals surface area contributed by atoms with E-state index in [1.165, 1.54) is 38.5 Å². The van der Waals surface area contributed by atoms with Gasteiger partial charge in [-0.3, -0.25) is 0 Å². The molecule has 0 rings (SSSR count). The van der Waals surface area contributed by atoms with Gasteiger partial charge in [0.05, 0.1) is 13.7 Å². The summed E-state index contributed by atoms with van der Waals surface area (Å²) in [6.07, 6.45) is 9.17. The molecule has 0 aromatic heterocycles. The first-order chi connectivity index (χ1) is 7.06. The maximum absolute atomic E-state index is 4.81. The first kappa shape index (κ1) is 14.9. The molecule has 0 aromatic rings. The molecule has 0 heterocycles. The summed E-state index contributed by atoms with van der Waals surface area (Å²) in [6.45, 7) is 7.68. The van der Waals surface area contributed by atoms with Crippen molar-refractivity contribution in [2.75, 3.05) is 13.7 Å². The Labute approximate surface area is 95.3 Å². The minimum Gasteiger partial charge on any atom is -0.240 e. The maximum atomic E-state index is 4.81. The van der Waals surface area contributed by atoms with Gasteiger partial charge in [-0.25, -0.2) is 9.78 Å².